The van der Waals surface area contributed by atoms with Gasteiger partial charge >= 0.3 is 0 Å². The summed E-state index contributed by atoms with van der Waals surface area (Å²) >= 11 is 6.04. The van der Waals surface area contributed by atoms with Crippen molar-refractivity contribution in [3.8, 4) is 0 Å². The second-order valence-electron chi connectivity index (χ2n) is 9.27. The second-order valence-corrected chi connectivity index (χ2v) is 9.71. The predicted octanol–water partition coefficient (Wildman–Crippen LogP) is 5.00. The molecule has 6 nitrogen and oxygen atoms in total. The van der Waals surface area contributed by atoms with Crippen LogP contribution >= 0.6 is 36.4 Å². The zero-order valence-corrected chi connectivity index (χ0v) is 22.3. The van der Waals surface area contributed by atoms with Crippen LogP contribution in [0.1, 0.15) is 55.8 Å². The minimum Gasteiger partial charge on any atom is -0.354 e. The summed E-state index contributed by atoms with van der Waals surface area (Å²) in [5, 5.41) is 4.17. The number of fused-ring (bicyclic) bond motifs is 1. The summed E-state index contributed by atoms with van der Waals surface area (Å²) in [6.45, 7) is 8.52. The van der Waals surface area contributed by atoms with Crippen LogP contribution in [0.4, 0.5) is 14.6 Å². The molecule has 11 heteroatoms. The number of carbonyl (C=O) groups excluding carboxylic acids is 1. The Morgan fingerprint density at radius 2 is 1.74 bits per heavy atom. The molecule has 194 valence electrons. The highest BCUT2D eigenvalue weighted by molar-refractivity contribution is 6.30. The number of alkyl halides is 2. The quantitative estimate of drug-likeness (QED) is 0.490. The van der Waals surface area contributed by atoms with Crippen LogP contribution in [0.5, 0.6) is 0 Å². The topological polar surface area (TPSA) is 61.4 Å². The van der Waals surface area contributed by atoms with Crippen molar-refractivity contribution in [2.75, 3.05) is 31.1 Å². The number of nitrogens with zero attached hydrogens (tertiary/aromatic N) is 4. The summed E-state index contributed by atoms with van der Waals surface area (Å²) in [5.41, 5.74) is 1.34. The van der Waals surface area contributed by atoms with Crippen LogP contribution in [0.3, 0.4) is 0 Å². The van der Waals surface area contributed by atoms with E-state index in [4.69, 9.17) is 11.6 Å². The van der Waals surface area contributed by atoms with Gasteiger partial charge < -0.3 is 9.69 Å². The lowest BCUT2D eigenvalue weighted by atomic mass is 9.95. The van der Waals surface area contributed by atoms with Crippen LogP contribution < -0.4 is 10.2 Å². The Balaban J connectivity index is 0.00000216. The highest BCUT2D eigenvalue weighted by Crippen LogP contribution is 2.49. The van der Waals surface area contributed by atoms with E-state index in [0.717, 1.165) is 11.8 Å². The smallest absolute Gasteiger partial charge is 0.290 e. The SMILES string of the molecule is CC(C)NC(C(C=O)c1ccc(Cl)cc1)N1CCN(c2ncnc3c2[C@H](C)CC3(F)F)CC1.Cl.Cl. The van der Waals surface area contributed by atoms with Gasteiger partial charge in [-0.1, -0.05) is 30.7 Å². The number of hydrogen-bond donors (Lipinski definition) is 1. The molecule has 35 heavy (non-hydrogen) atoms. The fourth-order valence-electron chi connectivity index (χ4n) is 4.98. The number of benzene rings is 1. The second kappa shape index (κ2) is 12.1. The van der Waals surface area contributed by atoms with Crippen molar-refractivity contribution >= 4 is 48.5 Å². The van der Waals surface area contributed by atoms with Crippen molar-refractivity contribution < 1.29 is 13.6 Å². The Labute approximate surface area is 222 Å². The van der Waals surface area contributed by atoms with Crippen LogP contribution in [0.15, 0.2) is 30.6 Å². The molecule has 2 aromatic rings. The molecule has 3 atom stereocenters. The molecule has 0 radical (unpaired) electrons. The molecular formula is C24H32Cl3F2N5O. The van der Waals surface area contributed by atoms with E-state index in [1.54, 1.807) is 12.1 Å². The van der Waals surface area contributed by atoms with Crippen molar-refractivity contribution in [3.63, 3.8) is 0 Å². The first-order valence-corrected chi connectivity index (χ1v) is 11.8. The van der Waals surface area contributed by atoms with Gasteiger partial charge in [-0.25, -0.2) is 9.97 Å². The molecule has 1 aliphatic heterocycles. The molecule has 1 aromatic carbocycles. The summed E-state index contributed by atoms with van der Waals surface area (Å²) in [6.07, 6.45) is 1.82. The van der Waals surface area contributed by atoms with Crippen molar-refractivity contribution in [1.82, 2.24) is 20.2 Å². The van der Waals surface area contributed by atoms with Gasteiger partial charge in [0.05, 0.1) is 12.1 Å². The lowest BCUT2D eigenvalue weighted by Crippen LogP contribution is -2.58. The van der Waals surface area contributed by atoms with Crippen LogP contribution in [0.25, 0.3) is 0 Å². The molecular weight excluding hydrogens is 519 g/mol. The maximum atomic E-state index is 14.4. The minimum absolute atomic E-state index is 0. The van der Waals surface area contributed by atoms with Gasteiger partial charge in [-0.05, 0) is 37.5 Å². The lowest BCUT2D eigenvalue weighted by Gasteiger charge is -2.43. The molecule has 0 saturated carbocycles. The Hall–Kier alpha value is -1.58. The summed E-state index contributed by atoms with van der Waals surface area (Å²) in [5.74, 6) is -2.94. The molecule has 0 bridgehead atoms. The van der Waals surface area contributed by atoms with Crippen molar-refractivity contribution in [3.05, 3.63) is 52.4 Å². The predicted molar refractivity (Wildman–Crippen MR) is 140 cm³/mol. The van der Waals surface area contributed by atoms with Gasteiger partial charge in [0.2, 0.25) is 0 Å². The number of carbonyl (C=O) groups is 1. The van der Waals surface area contributed by atoms with E-state index < -0.39 is 5.92 Å². The molecule has 4 rings (SSSR count). The number of piperazine rings is 1. The Kier molecular flexibility index (Phi) is 10.3. The summed E-state index contributed by atoms with van der Waals surface area (Å²) in [4.78, 5) is 24.8. The van der Waals surface area contributed by atoms with Gasteiger partial charge in [-0.15, -0.1) is 24.8 Å². The summed E-state index contributed by atoms with van der Waals surface area (Å²) in [6, 6.07) is 7.54. The normalized spacial score (nSPS) is 21.0. The van der Waals surface area contributed by atoms with Crippen LogP contribution in [-0.2, 0) is 10.7 Å². The molecule has 1 aromatic heterocycles. The van der Waals surface area contributed by atoms with E-state index in [0.29, 0.717) is 42.6 Å². The van der Waals surface area contributed by atoms with Gasteiger partial charge in [-0.3, -0.25) is 10.2 Å². The molecule has 2 unspecified atom stereocenters. The number of rotatable bonds is 7. The molecule has 2 aliphatic rings. The van der Waals surface area contributed by atoms with Gasteiger partial charge in [0.1, 0.15) is 24.1 Å². The first-order valence-electron chi connectivity index (χ1n) is 11.4. The van der Waals surface area contributed by atoms with Crippen molar-refractivity contribution in [2.24, 2.45) is 0 Å². The number of hydrogen-bond acceptors (Lipinski definition) is 6. The van der Waals surface area contributed by atoms with Crippen molar-refractivity contribution in [1.29, 1.82) is 0 Å². The maximum absolute atomic E-state index is 14.4. The van der Waals surface area contributed by atoms with E-state index in [2.05, 4.69) is 38.9 Å². The average Bonchev–Trinajstić information content (AvgIpc) is 3.03. The monoisotopic (exact) mass is 549 g/mol. The van der Waals surface area contributed by atoms with E-state index in [9.17, 15) is 13.6 Å². The Morgan fingerprint density at radius 1 is 1.11 bits per heavy atom. The largest absolute Gasteiger partial charge is 0.354 e. The third-order valence-electron chi connectivity index (χ3n) is 6.52. The number of halogens is 5. The van der Waals surface area contributed by atoms with E-state index in [-0.39, 0.29) is 61.0 Å². The van der Waals surface area contributed by atoms with Crippen molar-refractivity contribution in [2.45, 2.75) is 57.2 Å². The molecule has 1 N–H and O–H groups in total. The Morgan fingerprint density at radius 3 is 2.31 bits per heavy atom. The van der Waals surface area contributed by atoms with E-state index in [1.807, 2.05) is 19.1 Å². The zero-order valence-electron chi connectivity index (χ0n) is 20.0. The fourth-order valence-corrected chi connectivity index (χ4v) is 5.10. The average molecular weight is 551 g/mol. The number of aldehydes is 1. The Bertz CT molecular complexity index is 988. The fraction of sp³-hybridized carbons (Fsp3) is 0.542. The molecule has 1 fully saturated rings. The highest BCUT2D eigenvalue weighted by atomic mass is 35.5. The van der Waals surface area contributed by atoms with Gasteiger partial charge in [0, 0.05) is 49.2 Å². The van der Waals surface area contributed by atoms with Gasteiger partial charge in [0.25, 0.3) is 5.92 Å². The summed E-state index contributed by atoms with van der Waals surface area (Å²) < 4.78 is 28.7. The maximum Gasteiger partial charge on any atom is 0.290 e. The standard InChI is InChI=1S/C24H30ClF2N5O.2ClH/c1-15(2)30-22(19(13-33)17-4-6-18(25)7-5-17)31-8-10-32(11-9-31)23-20-16(3)12-24(26,27)21(20)28-14-29-23;;/h4-7,13-16,19,22,30H,8-12H2,1-3H3;2*1H/t16-,19?,22?;;/m1../s1. The van der Waals surface area contributed by atoms with E-state index >= 15 is 0 Å². The van der Waals surface area contributed by atoms with Gasteiger partial charge in [0.15, 0.2) is 0 Å². The molecule has 0 amide bonds. The molecule has 0 spiro atoms. The summed E-state index contributed by atoms with van der Waals surface area (Å²) in [7, 11) is 0. The zero-order chi connectivity index (χ0) is 23.8. The number of nitrogens with one attached hydrogen (secondary N) is 1. The lowest BCUT2D eigenvalue weighted by molar-refractivity contribution is -0.111. The first-order chi connectivity index (χ1) is 15.7. The first kappa shape index (κ1) is 29.6. The third kappa shape index (κ3) is 6.23. The minimum atomic E-state index is -2.91. The molecule has 2 heterocycles. The molecule has 1 saturated heterocycles. The van der Waals surface area contributed by atoms with Gasteiger partial charge in [-0.2, -0.15) is 8.78 Å². The van der Waals surface area contributed by atoms with Crippen LogP contribution in [0, 0.1) is 0 Å². The third-order valence-corrected chi connectivity index (χ3v) is 6.77. The van der Waals surface area contributed by atoms with E-state index in [1.165, 1.54) is 6.33 Å². The van der Waals surface area contributed by atoms with Crippen LogP contribution in [-0.4, -0.2) is 59.5 Å². The number of anilines is 1. The number of aromatic nitrogens is 2. The highest BCUT2D eigenvalue weighted by Gasteiger charge is 2.47. The van der Waals surface area contributed by atoms with Crippen LogP contribution in [0.2, 0.25) is 5.02 Å². The molecule has 1 aliphatic carbocycles.